The summed E-state index contributed by atoms with van der Waals surface area (Å²) >= 11 is 0. The van der Waals surface area contributed by atoms with Crippen LogP contribution < -0.4 is 16.0 Å². The summed E-state index contributed by atoms with van der Waals surface area (Å²) in [7, 11) is 5.79. The van der Waals surface area contributed by atoms with Crippen LogP contribution in [0.1, 0.15) is 0 Å². The van der Waals surface area contributed by atoms with Crippen LogP contribution in [0.25, 0.3) is 10.8 Å². The van der Waals surface area contributed by atoms with Gasteiger partial charge in [0.15, 0.2) is 0 Å². The van der Waals surface area contributed by atoms with E-state index in [1.165, 1.54) is 5.39 Å². The monoisotopic (exact) mass is 214 g/mol. The Kier molecular flexibility index (Phi) is 2.86. The van der Waals surface area contributed by atoms with Crippen molar-refractivity contribution in [1.82, 2.24) is 0 Å². The molecule has 2 aromatic rings. The highest BCUT2D eigenvalue weighted by molar-refractivity contribution is 6.07. The van der Waals surface area contributed by atoms with Crippen LogP contribution in [0.2, 0.25) is 0 Å². The van der Waals surface area contributed by atoms with Crippen LogP contribution in [0.15, 0.2) is 24.3 Å². The molecule has 16 heavy (non-hydrogen) atoms. The third-order valence-electron chi connectivity index (χ3n) is 2.75. The molecule has 0 spiro atoms. The predicted octanol–water partition coefficient (Wildman–Crippen LogP) is 2.77. The third-order valence-corrected chi connectivity index (χ3v) is 2.75. The number of rotatable bonds is 3. The predicted molar refractivity (Wildman–Crippen MR) is 71.4 cm³/mol. The Balaban J connectivity index is 2.83. The summed E-state index contributed by atoms with van der Waals surface area (Å²) in [6.07, 6.45) is 0. The second-order valence-electron chi connectivity index (χ2n) is 3.55. The minimum absolute atomic E-state index is 1.09. The Hall–Kier alpha value is -1.90. The van der Waals surface area contributed by atoms with E-state index in [1.54, 1.807) is 0 Å². The maximum absolute atomic E-state index is 3.24. The zero-order chi connectivity index (χ0) is 11.5. The zero-order valence-corrected chi connectivity index (χ0v) is 9.81. The van der Waals surface area contributed by atoms with E-state index in [9.17, 15) is 0 Å². The summed E-state index contributed by atoms with van der Waals surface area (Å²) in [6.45, 7) is 0. The summed E-state index contributed by atoms with van der Waals surface area (Å²) < 4.78 is 0. The van der Waals surface area contributed by atoms with E-state index < -0.39 is 0 Å². The van der Waals surface area contributed by atoms with Gasteiger partial charge in [-0.05, 0) is 23.6 Å². The van der Waals surface area contributed by atoms with Gasteiger partial charge in [0.2, 0.25) is 0 Å². The van der Waals surface area contributed by atoms with Crippen molar-refractivity contribution in [2.75, 3.05) is 37.1 Å². The maximum Gasteiger partial charge on any atom is 0.0674 e. The Morgan fingerprint density at radius 2 is 1.62 bits per heavy atom. The Morgan fingerprint density at radius 1 is 0.875 bits per heavy atom. The molecule has 0 heterocycles. The van der Waals surface area contributed by atoms with Crippen LogP contribution in [0.5, 0.6) is 0 Å². The lowest BCUT2D eigenvalue weighted by atomic mass is 10.1. The van der Waals surface area contributed by atoms with E-state index in [2.05, 4.69) is 34.1 Å². The molecular weight excluding hydrogens is 198 g/mol. The summed E-state index contributed by atoms with van der Waals surface area (Å²) in [4.78, 5) is 0. The van der Waals surface area contributed by atoms with E-state index in [1.807, 2.05) is 33.3 Å². The summed E-state index contributed by atoms with van der Waals surface area (Å²) in [5.41, 5.74) is 3.29. The Morgan fingerprint density at radius 3 is 2.25 bits per heavy atom. The molecule has 83 valence electrons. The smallest absolute Gasteiger partial charge is 0.0674 e. The first-order valence-corrected chi connectivity index (χ1v) is 5.32. The van der Waals surface area contributed by atoms with Crippen LogP contribution in [0.3, 0.4) is 0 Å². The van der Waals surface area contributed by atoms with Crippen LogP contribution in [0, 0.1) is 6.07 Å². The van der Waals surface area contributed by atoms with E-state index in [0.29, 0.717) is 0 Å². The van der Waals surface area contributed by atoms with Gasteiger partial charge in [0, 0.05) is 32.2 Å². The molecule has 0 atom stereocenters. The zero-order valence-electron chi connectivity index (χ0n) is 9.81. The van der Waals surface area contributed by atoms with Gasteiger partial charge in [0.25, 0.3) is 0 Å². The molecule has 1 radical (unpaired) electrons. The fourth-order valence-electron chi connectivity index (χ4n) is 1.98. The van der Waals surface area contributed by atoms with Gasteiger partial charge in [0.1, 0.15) is 0 Å². The van der Waals surface area contributed by atoms with Gasteiger partial charge in [-0.3, -0.25) is 0 Å². The van der Waals surface area contributed by atoms with Crippen molar-refractivity contribution >= 4 is 27.8 Å². The topological polar surface area (TPSA) is 36.1 Å². The molecule has 2 aromatic carbocycles. The van der Waals surface area contributed by atoms with Crippen molar-refractivity contribution in [2.24, 2.45) is 0 Å². The average molecular weight is 214 g/mol. The third kappa shape index (κ3) is 1.54. The van der Waals surface area contributed by atoms with Crippen molar-refractivity contribution < 1.29 is 0 Å². The second kappa shape index (κ2) is 4.31. The molecule has 0 saturated heterocycles. The fraction of sp³-hybridized carbons (Fsp3) is 0.231. The quantitative estimate of drug-likeness (QED) is 0.735. The summed E-state index contributed by atoms with van der Waals surface area (Å²) in [5, 5.41) is 11.9. The number of benzene rings is 2. The molecule has 0 bridgehead atoms. The van der Waals surface area contributed by atoms with Gasteiger partial charge < -0.3 is 16.0 Å². The van der Waals surface area contributed by atoms with Crippen LogP contribution >= 0.6 is 0 Å². The molecule has 3 nitrogen and oxygen atoms in total. The maximum atomic E-state index is 3.24. The molecule has 3 heteroatoms. The number of anilines is 3. The van der Waals surface area contributed by atoms with E-state index in [-0.39, 0.29) is 0 Å². The van der Waals surface area contributed by atoms with E-state index in [4.69, 9.17) is 0 Å². The van der Waals surface area contributed by atoms with Crippen molar-refractivity contribution in [1.29, 1.82) is 0 Å². The number of hydrogen-bond acceptors (Lipinski definition) is 3. The molecule has 0 unspecified atom stereocenters. The first-order chi connectivity index (χ1) is 7.81. The first-order valence-electron chi connectivity index (χ1n) is 5.32. The lowest BCUT2D eigenvalue weighted by molar-refractivity contribution is 1.46. The fourth-order valence-corrected chi connectivity index (χ4v) is 1.98. The largest absolute Gasteiger partial charge is 0.388 e. The molecule has 0 fully saturated rings. The molecule has 0 aliphatic rings. The molecular formula is C13H16N3. The number of fused-ring (bicyclic) bond motifs is 1. The van der Waals surface area contributed by atoms with Gasteiger partial charge in [0.05, 0.1) is 11.4 Å². The van der Waals surface area contributed by atoms with Crippen molar-refractivity contribution in [3.05, 3.63) is 30.3 Å². The molecule has 0 amide bonds. The van der Waals surface area contributed by atoms with Gasteiger partial charge in [-0.25, -0.2) is 0 Å². The molecule has 0 saturated carbocycles. The molecule has 2 rings (SSSR count). The summed E-state index contributed by atoms with van der Waals surface area (Å²) in [6, 6.07) is 11.3. The van der Waals surface area contributed by atoms with Crippen LogP contribution in [0.4, 0.5) is 17.1 Å². The minimum atomic E-state index is 1.09. The van der Waals surface area contributed by atoms with Crippen LogP contribution in [-0.2, 0) is 0 Å². The van der Waals surface area contributed by atoms with E-state index in [0.717, 1.165) is 22.4 Å². The van der Waals surface area contributed by atoms with Gasteiger partial charge >= 0.3 is 0 Å². The van der Waals surface area contributed by atoms with Crippen LogP contribution in [-0.4, -0.2) is 21.1 Å². The highest BCUT2D eigenvalue weighted by Gasteiger charge is 2.08. The van der Waals surface area contributed by atoms with Gasteiger partial charge in [-0.2, -0.15) is 0 Å². The SMILES string of the molecule is CNc1ccc2[c]ccc(NC)c2c1NC. The number of hydrogen-bond donors (Lipinski definition) is 3. The lowest BCUT2D eigenvalue weighted by Gasteiger charge is -2.15. The van der Waals surface area contributed by atoms with Crippen molar-refractivity contribution in [3.8, 4) is 0 Å². The lowest BCUT2D eigenvalue weighted by Crippen LogP contribution is -1.99. The standard InChI is InChI=1S/C13H16N3/c1-14-10-6-4-5-9-7-8-11(15-2)13(16-3)12(9)10/h4,6-8,14-16H,1-3H3. The van der Waals surface area contributed by atoms with E-state index >= 15 is 0 Å². The highest BCUT2D eigenvalue weighted by atomic mass is 14.9. The van der Waals surface area contributed by atoms with Gasteiger partial charge in [-0.15, -0.1) is 0 Å². The highest BCUT2D eigenvalue weighted by Crippen LogP contribution is 2.35. The Bertz CT molecular complexity index is 506. The number of nitrogens with one attached hydrogen (secondary N) is 3. The normalized spacial score (nSPS) is 10.2. The van der Waals surface area contributed by atoms with Crippen molar-refractivity contribution in [2.45, 2.75) is 0 Å². The summed E-state index contributed by atoms with van der Waals surface area (Å²) in [5.74, 6) is 0. The Labute approximate surface area is 95.9 Å². The average Bonchev–Trinajstić information content (AvgIpc) is 2.36. The first kappa shape index (κ1) is 10.6. The molecule has 0 aliphatic carbocycles. The molecule has 0 aromatic heterocycles. The minimum Gasteiger partial charge on any atom is -0.388 e. The van der Waals surface area contributed by atoms with Crippen molar-refractivity contribution in [3.63, 3.8) is 0 Å². The molecule has 0 aliphatic heterocycles. The molecule has 3 N–H and O–H groups in total. The second-order valence-corrected chi connectivity index (χ2v) is 3.55. The van der Waals surface area contributed by atoms with Gasteiger partial charge in [-0.1, -0.05) is 12.1 Å².